The van der Waals surface area contributed by atoms with E-state index in [2.05, 4.69) is 50.8 Å². The molecular weight excluding hydrogens is 310 g/mol. The van der Waals surface area contributed by atoms with E-state index in [1.807, 2.05) is 30.3 Å². The summed E-state index contributed by atoms with van der Waals surface area (Å²) in [5.74, 6) is 0. The second-order valence-corrected chi connectivity index (χ2v) is 7.11. The lowest BCUT2D eigenvalue weighted by molar-refractivity contribution is 0.00310. The number of aliphatic hydroxyl groups is 1. The minimum absolute atomic E-state index is 0.352. The van der Waals surface area contributed by atoms with Crippen molar-refractivity contribution in [2.75, 3.05) is 13.2 Å². The Kier molecular flexibility index (Phi) is 7.63. The Morgan fingerprint density at radius 1 is 1.04 bits per heavy atom. The highest BCUT2D eigenvalue weighted by atomic mass is 16.5. The third kappa shape index (κ3) is 6.62. The lowest BCUT2D eigenvalue weighted by Gasteiger charge is -2.29. The lowest BCUT2D eigenvalue weighted by Crippen LogP contribution is -2.39. The monoisotopic (exact) mass is 341 g/mol. The van der Waals surface area contributed by atoms with Gasteiger partial charge in [-0.25, -0.2) is 0 Å². The molecule has 3 heteroatoms. The minimum atomic E-state index is -0.490. The summed E-state index contributed by atoms with van der Waals surface area (Å²) in [4.78, 5) is 2.30. The fraction of sp³-hybridized carbons (Fsp3) is 0.455. The molecule has 0 radical (unpaired) electrons. The zero-order valence-electron chi connectivity index (χ0n) is 15.9. The molecular formula is C22H31NO2. The van der Waals surface area contributed by atoms with Gasteiger partial charge >= 0.3 is 0 Å². The summed E-state index contributed by atoms with van der Waals surface area (Å²) in [5, 5.41) is 10.4. The first-order chi connectivity index (χ1) is 12.0. The van der Waals surface area contributed by atoms with Crippen LogP contribution in [0.2, 0.25) is 0 Å². The summed E-state index contributed by atoms with van der Waals surface area (Å²) in [6.45, 7) is 11.0. The molecule has 0 saturated carbocycles. The first-order valence-corrected chi connectivity index (χ1v) is 9.05. The van der Waals surface area contributed by atoms with Crippen LogP contribution in [0.3, 0.4) is 0 Å². The number of benzene rings is 2. The van der Waals surface area contributed by atoms with Crippen LogP contribution < -0.4 is 0 Å². The molecule has 1 unspecified atom stereocenters. The summed E-state index contributed by atoms with van der Waals surface area (Å²) in [6, 6.07) is 17.0. The van der Waals surface area contributed by atoms with Crippen molar-refractivity contribution in [1.29, 1.82) is 0 Å². The van der Waals surface area contributed by atoms with Gasteiger partial charge in [-0.15, -0.1) is 0 Å². The predicted octanol–water partition coefficient (Wildman–Crippen LogP) is 4.09. The molecule has 2 rings (SSSR count). The van der Waals surface area contributed by atoms with Gasteiger partial charge in [0, 0.05) is 19.1 Å². The Morgan fingerprint density at radius 3 is 2.44 bits per heavy atom. The zero-order valence-corrected chi connectivity index (χ0v) is 15.9. The zero-order chi connectivity index (χ0) is 18.2. The average molecular weight is 341 g/mol. The van der Waals surface area contributed by atoms with Crippen molar-refractivity contribution in [3.63, 3.8) is 0 Å². The fourth-order valence-electron chi connectivity index (χ4n) is 2.86. The molecule has 0 heterocycles. The highest BCUT2D eigenvalue weighted by molar-refractivity contribution is 5.30. The van der Waals surface area contributed by atoms with Crippen LogP contribution in [0.4, 0.5) is 0 Å². The topological polar surface area (TPSA) is 32.7 Å². The van der Waals surface area contributed by atoms with Gasteiger partial charge in [-0.05, 0) is 44.4 Å². The molecule has 0 aliphatic heterocycles. The number of hydrogen-bond acceptors (Lipinski definition) is 3. The van der Waals surface area contributed by atoms with Crippen LogP contribution in [0, 0.1) is 13.8 Å². The smallest absolute Gasteiger partial charge is 0.0900 e. The number of hydrogen-bond donors (Lipinski definition) is 1. The number of ether oxygens (including phenoxy) is 1. The van der Waals surface area contributed by atoms with Gasteiger partial charge in [-0.3, -0.25) is 4.90 Å². The van der Waals surface area contributed by atoms with E-state index in [9.17, 15) is 5.11 Å². The van der Waals surface area contributed by atoms with Crippen LogP contribution in [-0.2, 0) is 17.9 Å². The number of aliphatic hydroxyl groups excluding tert-OH is 1. The van der Waals surface area contributed by atoms with Crippen LogP contribution in [-0.4, -0.2) is 35.3 Å². The molecule has 1 atom stereocenters. The van der Waals surface area contributed by atoms with E-state index in [1.165, 1.54) is 16.7 Å². The van der Waals surface area contributed by atoms with Crippen LogP contribution in [0.5, 0.6) is 0 Å². The number of rotatable bonds is 9. The number of aryl methyl sites for hydroxylation is 2. The van der Waals surface area contributed by atoms with E-state index >= 15 is 0 Å². The van der Waals surface area contributed by atoms with Crippen LogP contribution in [0.1, 0.15) is 36.1 Å². The van der Waals surface area contributed by atoms with E-state index < -0.39 is 6.10 Å². The van der Waals surface area contributed by atoms with E-state index in [0.29, 0.717) is 25.8 Å². The Morgan fingerprint density at radius 2 is 1.76 bits per heavy atom. The third-order valence-electron chi connectivity index (χ3n) is 4.48. The van der Waals surface area contributed by atoms with Crippen molar-refractivity contribution in [1.82, 2.24) is 4.90 Å². The summed E-state index contributed by atoms with van der Waals surface area (Å²) in [6.07, 6.45) is -0.490. The van der Waals surface area contributed by atoms with E-state index in [1.54, 1.807) is 0 Å². The standard InChI is InChI=1S/C22H31NO2/c1-17(2)23(13-21-12-18(3)10-11-19(21)4)14-22(24)16-25-15-20-8-6-5-7-9-20/h5-12,17,22,24H,13-16H2,1-4H3. The lowest BCUT2D eigenvalue weighted by atomic mass is 10.0. The molecule has 136 valence electrons. The molecule has 25 heavy (non-hydrogen) atoms. The fourth-order valence-corrected chi connectivity index (χ4v) is 2.86. The molecule has 3 nitrogen and oxygen atoms in total. The quantitative estimate of drug-likeness (QED) is 0.745. The molecule has 0 fully saturated rings. The Labute approximate surface area is 152 Å². The minimum Gasteiger partial charge on any atom is -0.389 e. The molecule has 0 amide bonds. The maximum absolute atomic E-state index is 10.4. The van der Waals surface area contributed by atoms with Crippen molar-refractivity contribution >= 4 is 0 Å². The maximum atomic E-state index is 10.4. The van der Waals surface area contributed by atoms with E-state index in [-0.39, 0.29) is 0 Å². The van der Waals surface area contributed by atoms with Crippen molar-refractivity contribution in [3.8, 4) is 0 Å². The summed E-state index contributed by atoms with van der Waals surface area (Å²) < 4.78 is 5.68. The second-order valence-electron chi connectivity index (χ2n) is 7.11. The molecule has 0 aromatic heterocycles. The Balaban J connectivity index is 1.86. The molecule has 2 aromatic rings. The van der Waals surface area contributed by atoms with Gasteiger partial charge in [0.25, 0.3) is 0 Å². The summed E-state index contributed by atoms with van der Waals surface area (Å²) in [5.41, 5.74) is 5.03. The number of nitrogens with zero attached hydrogens (tertiary/aromatic N) is 1. The second kappa shape index (κ2) is 9.71. The first kappa shape index (κ1) is 19.6. The van der Waals surface area contributed by atoms with Gasteiger partial charge in [0.15, 0.2) is 0 Å². The SMILES string of the molecule is Cc1ccc(C)c(CN(CC(O)COCc2ccccc2)C(C)C)c1. The molecule has 0 aliphatic rings. The van der Waals surface area contributed by atoms with Gasteiger partial charge in [0.1, 0.15) is 0 Å². The molecule has 0 spiro atoms. The summed E-state index contributed by atoms with van der Waals surface area (Å²) in [7, 11) is 0. The Bertz CT molecular complexity index is 640. The molecule has 2 aromatic carbocycles. The van der Waals surface area contributed by atoms with E-state index in [4.69, 9.17) is 4.74 Å². The average Bonchev–Trinajstić information content (AvgIpc) is 2.58. The highest BCUT2D eigenvalue weighted by Crippen LogP contribution is 2.15. The maximum Gasteiger partial charge on any atom is 0.0900 e. The van der Waals surface area contributed by atoms with Gasteiger partial charge < -0.3 is 9.84 Å². The normalized spacial score (nSPS) is 12.8. The first-order valence-electron chi connectivity index (χ1n) is 9.05. The van der Waals surface area contributed by atoms with Crippen molar-refractivity contribution in [3.05, 3.63) is 70.8 Å². The van der Waals surface area contributed by atoms with Crippen molar-refractivity contribution < 1.29 is 9.84 Å². The molecule has 0 bridgehead atoms. The van der Waals surface area contributed by atoms with Gasteiger partial charge in [0.05, 0.1) is 19.3 Å². The summed E-state index contributed by atoms with van der Waals surface area (Å²) >= 11 is 0. The van der Waals surface area contributed by atoms with Crippen molar-refractivity contribution in [2.24, 2.45) is 0 Å². The largest absolute Gasteiger partial charge is 0.389 e. The predicted molar refractivity (Wildman–Crippen MR) is 104 cm³/mol. The molecule has 0 aliphatic carbocycles. The van der Waals surface area contributed by atoms with Gasteiger partial charge in [-0.2, -0.15) is 0 Å². The van der Waals surface area contributed by atoms with Crippen LogP contribution in [0.15, 0.2) is 48.5 Å². The molecule has 1 N–H and O–H groups in total. The van der Waals surface area contributed by atoms with Crippen LogP contribution in [0.25, 0.3) is 0 Å². The van der Waals surface area contributed by atoms with Crippen LogP contribution >= 0.6 is 0 Å². The van der Waals surface area contributed by atoms with Gasteiger partial charge in [-0.1, -0.05) is 54.1 Å². The van der Waals surface area contributed by atoms with Gasteiger partial charge in [0.2, 0.25) is 0 Å². The Hall–Kier alpha value is -1.68. The van der Waals surface area contributed by atoms with E-state index in [0.717, 1.165) is 12.1 Å². The van der Waals surface area contributed by atoms with Crippen molar-refractivity contribution in [2.45, 2.75) is 53.0 Å². The molecule has 0 saturated heterocycles. The highest BCUT2D eigenvalue weighted by Gasteiger charge is 2.16. The third-order valence-corrected chi connectivity index (χ3v) is 4.48.